The zero-order valence-corrected chi connectivity index (χ0v) is 27.3. The van der Waals surface area contributed by atoms with E-state index in [2.05, 4.69) is 9.62 Å². The van der Waals surface area contributed by atoms with Gasteiger partial charge in [0, 0.05) is 23.5 Å². The fourth-order valence-electron chi connectivity index (χ4n) is 5.83. The van der Waals surface area contributed by atoms with Gasteiger partial charge in [0.15, 0.2) is 11.5 Å². The number of nitrogens with zero attached hydrogens (tertiary/aromatic N) is 2. The third-order valence-corrected chi connectivity index (χ3v) is 9.52. The van der Waals surface area contributed by atoms with Gasteiger partial charge in [-0.2, -0.15) is 0 Å². The van der Waals surface area contributed by atoms with Crippen LogP contribution in [0.15, 0.2) is 120 Å². The van der Waals surface area contributed by atoms with Crippen LogP contribution in [0.1, 0.15) is 33.2 Å². The number of ether oxygens (including phenoxy) is 3. The molecule has 5 aromatic carbocycles. The zero-order valence-electron chi connectivity index (χ0n) is 26.5. The van der Waals surface area contributed by atoms with Crippen molar-refractivity contribution < 1.29 is 27.4 Å². The van der Waals surface area contributed by atoms with Crippen LogP contribution in [-0.2, 0) is 16.6 Å². The minimum atomic E-state index is -4.06. The van der Waals surface area contributed by atoms with E-state index < -0.39 is 16.2 Å². The van der Waals surface area contributed by atoms with Crippen LogP contribution < -0.4 is 28.7 Å². The van der Waals surface area contributed by atoms with Gasteiger partial charge in [-0.3, -0.25) is 14.4 Å². The number of sulfonamides is 1. The van der Waals surface area contributed by atoms with Crippen molar-refractivity contribution in [3.8, 4) is 17.2 Å². The lowest BCUT2D eigenvalue weighted by Gasteiger charge is -2.46. The molecule has 47 heavy (non-hydrogen) atoms. The normalized spacial score (nSPS) is 14.4. The number of aryl methyl sites for hydroxylation is 1. The van der Waals surface area contributed by atoms with Crippen LogP contribution in [0.25, 0.3) is 0 Å². The third kappa shape index (κ3) is 6.19. The van der Waals surface area contributed by atoms with E-state index in [-0.39, 0.29) is 16.4 Å². The average Bonchev–Trinajstić information content (AvgIpc) is 3.09. The monoisotopic (exact) mass is 649 g/mol. The number of hydrogen-bond donors (Lipinski definition) is 1. The van der Waals surface area contributed by atoms with Crippen LogP contribution in [0, 0.1) is 6.92 Å². The Kier molecular flexibility index (Phi) is 8.78. The molecule has 1 aliphatic heterocycles. The Bertz CT molecular complexity index is 2000. The van der Waals surface area contributed by atoms with Crippen molar-refractivity contribution in [3.63, 3.8) is 0 Å². The molecule has 1 heterocycles. The van der Waals surface area contributed by atoms with Crippen molar-refractivity contribution in [3.05, 3.63) is 138 Å². The number of hydrogen-bond acceptors (Lipinski definition) is 7. The first-order valence-corrected chi connectivity index (χ1v) is 16.4. The van der Waals surface area contributed by atoms with E-state index in [9.17, 15) is 13.2 Å². The van der Waals surface area contributed by atoms with Gasteiger partial charge < -0.3 is 19.1 Å². The van der Waals surface area contributed by atoms with Crippen LogP contribution >= 0.6 is 0 Å². The maximum Gasteiger partial charge on any atom is 0.262 e. The predicted octanol–water partition coefficient (Wildman–Crippen LogP) is 7.19. The summed E-state index contributed by atoms with van der Waals surface area (Å²) in [4.78, 5) is 18.5. The molecule has 1 aliphatic rings. The molecule has 0 spiro atoms. The summed E-state index contributed by atoms with van der Waals surface area (Å²) in [6, 6.07) is 34.4. The number of fused-ring (bicyclic) bond motifs is 1. The topological polar surface area (TPSA) is 97.4 Å². The molecule has 0 aliphatic carbocycles. The number of amides is 1. The lowest BCUT2D eigenvalue weighted by molar-refractivity contribution is 0.0967. The molecule has 0 fully saturated rings. The molecular formula is C37H35N3O6S. The second-order valence-electron chi connectivity index (χ2n) is 11.1. The number of carbonyl (C=O) groups excluding carboxylic acids is 1. The number of nitrogens with one attached hydrogen (secondary N) is 1. The first-order chi connectivity index (χ1) is 22.7. The zero-order chi connectivity index (χ0) is 33.1. The Balaban J connectivity index is 1.54. The molecule has 9 nitrogen and oxygen atoms in total. The molecule has 240 valence electrons. The molecule has 1 atom stereocenters. The standard InChI is InChI=1S/C37H35N3O6S/c1-25-13-17-28(18-14-25)40-36(31-11-8-12-34(45-3)35(31)46-4)39(24-26-9-6-5-7-10-26)33-22-21-30(23-32(33)37(40)41)47(42,43)38-27-15-19-29(44-2)20-16-27/h5-23,36,38H,24H2,1-4H3/t36-/m0/s1. The van der Waals surface area contributed by atoms with E-state index in [4.69, 9.17) is 14.2 Å². The molecule has 1 N–H and O–H groups in total. The maximum absolute atomic E-state index is 14.7. The van der Waals surface area contributed by atoms with E-state index in [1.807, 2.05) is 79.7 Å². The molecule has 0 unspecified atom stereocenters. The third-order valence-electron chi connectivity index (χ3n) is 8.14. The number of para-hydroxylation sites is 1. The van der Waals surface area contributed by atoms with Crippen LogP contribution in [-0.4, -0.2) is 35.7 Å². The Morgan fingerprint density at radius 2 is 1.49 bits per heavy atom. The van der Waals surface area contributed by atoms with E-state index in [1.165, 1.54) is 12.1 Å². The first kappa shape index (κ1) is 31.5. The molecule has 0 saturated heterocycles. The fraction of sp³-hybridized carbons (Fsp3) is 0.162. The van der Waals surface area contributed by atoms with Crippen LogP contribution in [0.4, 0.5) is 17.1 Å². The van der Waals surface area contributed by atoms with Crippen LogP contribution in [0.3, 0.4) is 0 Å². The van der Waals surface area contributed by atoms with Crippen molar-refractivity contribution in [2.24, 2.45) is 0 Å². The summed E-state index contributed by atoms with van der Waals surface area (Å²) in [7, 11) is 0.633. The molecule has 0 aromatic heterocycles. The molecule has 0 radical (unpaired) electrons. The highest BCUT2D eigenvalue weighted by atomic mass is 32.2. The number of anilines is 3. The van der Waals surface area contributed by atoms with Gasteiger partial charge in [0.2, 0.25) is 0 Å². The summed E-state index contributed by atoms with van der Waals surface area (Å²) in [5, 5.41) is 0. The van der Waals surface area contributed by atoms with Crippen molar-refractivity contribution >= 4 is 33.0 Å². The van der Waals surface area contributed by atoms with Crippen LogP contribution in [0.2, 0.25) is 0 Å². The summed E-state index contributed by atoms with van der Waals surface area (Å²) >= 11 is 0. The van der Waals surface area contributed by atoms with Gasteiger partial charge >= 0.3 is 0 Å². The van der Waals surface area contributed by atoms with Gasteiger partial charge in [-0.1, -0.05) is 60.2 Å². The Labute approximate surface area is 275 Å². The highest BCUT2D eigenvalue weighted by Crippen LogP contribution is 2.47. The summed E-state index contributed by atoms with van der Waals surface area (Å²) in [6.45, 7) is 2.39. The smallest absolute Gasteiger partial charge is 0.262 e. The highest BCUT2D eigenvalue weighted by molar-refractivity contribution is 7.92. The molecular weight excluding hydrogens is 614 g/mol. The van der Waals surface area contributed by atoms with Crippen molar-refractivity contribution in [1.82, 2.24) is 0 Å². The summed E-state index contributed by atoms with van der Waals surface area (Å²) < 4.78 is 46.6. The lowest BCUT2D eigenvalue weighted by atomic mass is 9.98. The van der Waals surface area contributed by atoms with E-state index >= 15 is 0 Å². The predicted molar refractivity (Wildman–Crippen MR) is 183 cm³/mol. The van der Waals surface area contributed by atoms with Gasteiger partial charge in [-0.05, 0) is 73.2 Å². The molecule has 0 bridgehead atoms. The molecule has 1 amide bonds. The Hall–Kier alpha value is -5.48. The van der Waals surface area contributed by atoms with Crippen molar-refractivity contribution in [1.29, 1.82) is 0 Å². The summed E-state index contributed by atoms with van der Waals surface area (Å²) in [5.41, 5.74) is 4.59. The second-order valence-corrected chi connectivity index (χ2v) is 12.8. The van der Waals surface area contributed by atoms with E-state index in [0.717, 1.165) is 11.1 Å². The minimum Gasteiger partial charge on any atom is -0.497 e. The summed E-state index contributed by atoms with van der Waals surface area (Å²) in [5.74, 6) is 1.26. The maximum atomic E-state index is 14.7. The SMILES string of the molecule is COc1ccc(NS(=O)(=O)c2ccc3c(c2)C(=O)N(c2ccc(C)cc2)[C@@H](c2cccc(OC)c2OC)N3Cc2ccccc2)cc1. The number of rotatable bonds is 10. The quantitative estimate of drug-likeness (QED) is 0.171. The van der Waals surface area contributed by atoms with Gasteiger partial charge in [0.25, 0.3) is 15.9 Å². The second kappa shape index (κ2) is 13.1. The largest absolute Gasteiger partial charge is 0.497 e. The van der Waals surface area contributed by atoms with Gasteiger partial charge in [-0.25, -0.2) is 8.42 Å². The minimum absolute atomic E-state index is 0.0404. The molecule has 6 rings (SSSR count). The fourth-order valence-corrected chi connectivity index (χ4v) is 6.91. The Morgan fingerprint density at radius 3 is 2.15 bits per heavy atom. The highest BCUT2D eigenvalue weighted by Gasteiger charge is 2.42. The van der Waals surface area contributed by atoms with Gasteiger partial charge in [0.1, 0.15) is 11.9 Å². The summed E-state index contributed by atoms with van der Waals surface area (Å²) in [6.07, 6.45) is -0.678. The van der Waals surface area contributed by atoms with Gasteiger partial charge in [0.05, 0.1) is 37.5 Å². The Morgan fingerprint density at radius 1 is 0.766 bits per heavy atom. The van der Waals surface area contributed by atoms with E-state index in [1.54, 1.807) is 56.6 Å². The molecule has 5 aromatic rings. The number of benzene rings is 5. The number of carbonyl (C=O) groups is 1. The van der Waals surface area contributed by atoms with Crippen molar-refractivity contribution in [2.75, 3.05) is 35.9 Å². The van der Waals surface area contributed by atoms with Gasteiger partial charge in [-0.15, -0.1) is 0 Å². The van der Waals surface area contributed by atoms with Crippen LogP contribution in [0.5, 0.6) is 17.2 Å². The lowest BCUT2D eigenvalue weighted by Crippen LogP contribution is -2.49. The number of methoxy groups -OCH3 is 3. The first-order valence-electron chi connectivity index (χ1n) is 15.0. The average molecular weight is 650 g/mol. The molecule has 0 saturated carbocycles. The van der Waals surface area contributed by atoms with Crippen molar-refractivity contribution in [2.45, 2.75) is 24.5 Å². The molecule has 10 heteroatoms. The van der Waals surface area contributed by atoms with E-state index in [0.29, 0.717) is 46.4 Å².